The Balaban J connectivity index is 2.23. The molecule has 0 aliphatic heterocycles. The predicted octanol–water partition coefficient (Wildman–Crippen LogP) is 1.17. The molecule has 1 rings (SSSR count). The zero-order valence-corrected chi connectivity index (χ0v) is 10.5. The molecule has 0 bridgehead atoms. The first-order valence-corrected chi connectivity index (χ1v) is 6.01. The molecule has 0 aromatic carbocycles. The van der Waals surface area contributed by atoms with Gasteiger partial charge in [0.05, 0.1) is 12.0 Å². The summed E-state index contributed by atoms with van der Waals surface area (Å²) >= 11 is 0. The van der Waals surface area contributed by atoms with Crippen molar-refractivity contribution in [3.8, 4) is 0 Å². The fourth-order valence-electron chi connectivity index (χ4n) is 2.04. The van der Waals surface area contributed by atoms with Crippen LogP contribution in [0, 0.1) is 5.92 Å². The fraction of sp³-hybridized carbons (Fsp3) is 0.833. The summed E-state index contributed by atoms with van der Waals surface area (Å²) in [6, 6.07) is 0. The van der Waals surface area contributed by atoms with Crippen molar-refractivity contribution in [1.29, 1.82) is 0 Å². The molecular formula is C12H21NO4. The Morgan fingerprint density at radius 3 is 2.53 bits per heavy atom. The zero-order chi connectivity index (χ0) is 12.9. The molecule has 0 aromatic heterocycles. The van der Waals surface area contributed by atoms with Crippen molar-refractivity contribution < 1.29 is 19.4 Å². The van der Waals surface area contributed by atoms with Crippen molar-refractivity contribution in [3.05, 3.63) is 0 Å². The van der Waals surface area contributed by atoms with Gasteiger partial charge in [0.15, 0.2) is 0 Å². The number of amides is 1. The molecule has 0 heterocycles. The van der Waals surface area contributed by atoms with Gasteiger partial charge < -0.3 is 15.2 Å². The quantitative estimate of drug-likeness (QED) is 0.704. The monoisotopic (exact) mass is 243 g/mol. The Morgan fingerprint density at radius 1 is 1.47 bits per heavy atom. The van der Waals surface area contributed by atoms with E-state index in [1.54, 1.807) is 7.11 Å². The number of ether oxygens (including phenoxy) is 1. The van der Waals surface area contributed by atoms with E-state index in [-0.39, 0.29) is 23.8 Å². The summed E-state index contributed by atoms with van der Waals surface area (Å²) in [5, 5.41) is 11.4. The maximum absolute atomic E-state index is 11.7. The van der Waals surface area contributed by atoms with E-state index in [0.29, 0.717) is 13.0 Å². The number of rotatable bonds is 7. The molecule has 0 saturated heterocycles. The van der Waals surface area contributed by atoms with E-state index in [1.807, 2.05) is 6.92 Å². The van der Waals surface area contributed by atoms with Crippen LogP contribution in [0.3, 0.4) is 0 Å². The summed E-state index contributed by atoms with van der Waals surface area (Å²) in [5.74, 6) is -0.931. The van der Waals surface area contributed by atoms with Crippen LogP contribution in [0.4, 0.5) is 0 Å². The lowest BCUT2D eigenvalue weighted by molar-refractivity contribution is -0.139. The molecule has 1 unspecified atom stereocenters. The highest BCUT2D eigenvalue weighted by Crippen LogP contribution is 2.37. The Kier molecular flexibility index (Phi) is 4.93. The summed E-state index contributed by atoms with van der Waals surface area (Å²) in [6.07, 6.45) is 3.43. The van der Waals surface area contributed by atoms with Crippen LogP contribution in [-0.4, -0.2) is 36.2 Å². The van der Waals surface area contributed by atoms with Crippen molar-refractivity contribution in [2.45, 2.75) is 44.6 Å². The molecule has 2 N–H and O–H groups in total. The van der Waals surface area contributed by atoms with E-state index in [1.165, 1.54) is 0 Å². The average Bonchev–Trinajstić information content (AvgIpc) is 2.19. The number of carbonyl (C=O) groups excluding carboxylic acids is 1. The maximum atomic E-state index is 11.7. The van der Waals surface area contributed by atoms with E-state index in [9.17, 15) is 9.59 Å². The van der Waals surface area contributed by atoms with Gasteiger partial charge in [-0.3, -0.25) is 9.59 Å². The van der Waals surface area contributed by atoms with Gasteiger partial charge >= 0.3 is 5.97 Å². The van der Waals surface area contributed by atoms with Gasteiger partial charge in [0.2, 0.25) is 5.91 Å². The minimum atomic E-state index is -0.834. The van der Waals surface area contributed by atoms with Gasteiger partial charge in [-0.15, -0.1) is 0 Å². The largest absolute Gasteiger partial charge is 0.481 e. The molecule has 1 saturated carbocycles. The van der Waals surface area contributed by atoms with Crippen molar-refractivity contribution in [3.63, 3.8) is 0 Å². The highest BCUT2D eigenvalue weighted by atomic mass is 16.5. The molecule has 1 aliphatic rings. The van der Waals surface area contributed by atoms with Gasteiger partial charge in [0.25, 0.3) is 0 Å². The summed E-state index contributed by atoms with van der Waals surface area (Å²) in [4.78, 5) is 22.1. The topological polar surface area (TPSA) is 75.6 Å². The lowest BCUT2D eigenvalue weighted by Crippen LogP contribution is -2.44. The SMILES string of the molecule is COC1(CC(=O)NCC(C)CC(=O)O)CCC1. The first-order valence-electron chi connectivity index (χ1n) is 6.01. The van der Waals surface area contributed by atoms with Crippen molar-refractivity contribution >= 4 is 11.9 Å². The average molecular weight is 243 g/mol. The molecule has 1 aliphatic carbocycles. The Bertz CT molecular complexity index is 281. The number of carbonyl (C=O) groups is 2. The molecule has 17 heavy (non-hydrogen) atoms. The number of nitrogens with one attached hydrogen (secondary N) is 1. The minimum Gasteiger partial charge on any atom is -0.481 e. The van der Waals surface area contributed by atoms with Crippen molar-refractivity contribution in [2.24, 2.45) is 5.92 Å². The smallest absolute Gasteiger partial charge is 0.303 e. The number of carboxylic acid groups (broad SMARTS) is 1. The zero-order valence-electron chi connectivity index (χ0n) is 10.5. The Hall–Kier alpha value is -1.10. The van der Waals surface area contributed by atoms with Crippen LogP contribution in [0.1, 0.15) is 39.0 Å². The highest BCUT2D eigenvalue weighted by molar-refractivity contribution is 5.77. The molecule has 0 spiro atoms. The van der Waals surface area contributed by atoms with E-state index in [2.05, 4.69) is 5.32 Å². The van der Waals surface area contributed by atoms with Gasteiger partial charge in [0.1, 0.15) is 0 Å². The van der Waals surface area contributed by atoms with Crippen LogP contribution in [0.15, 0.2) is 0 Å². The van der Waals surface area contributed by atoms with Crippen molar-refractivity contribution in [1.82, 2.24) is 5.32 Å². The summed E-state index contributed by atoms with van der Waals surface area (Å²) < 4.78 is 5.36. The van der Waals surface area contributed by atoms with Crippen LogP contribution in [0.25, 0.3) is 0 Å². The lowest BCUT2D eigenvalue weighted by Gasteiger charge is -2.40. The Morgan fingerprint density at radius 2 is 2.12 bits per heavy atom. The number of methoxy groups -OCH3 is 1. The second-order valence-electron chi connectivity index (χ2n) is 4.92. The van der Waals surface area contributed by atoms with E-state index in [4.69, 9.17) is 9.84 Å². The standard InChI is InChI=1S/C12H21NO4/c1-9(6-11(15)16)8-13-10(14)7-12(17-2)4-3-5-12/h9H,3-8H2,1-2H3,(H,13,14)(H,15,16). The van der Waals surface area contributed by atoms with Crippen LogP contribution in [0.2, 0.25) is 0 Å². The van der Waals surface area contributed by atoms with E-state index < -0.39 is 5.97 Å². The minimum absolute atomic E-state index is 0.0451. The van der Waals surface area contributed by atoms with Gasteiger partial charge in [-0.05, 0) is 25.2 Å². The molecular weight excluding hydrogens is 222 g/mol. The molecule has 1 fully saturated rings. The normalized spacial score (nSPS) is 19.2. The Labute approximate surface area is 102 Å². The van der Waals surface area contributed by atoms with Gasteiger partial charge in [-0.1, -0.05) is 6.92 Å². The molecule has 0 aromatic rings. The van der Waals surface area contributed by atoms with Crippen LogP contribution < -0.4 is 5.32 Å². The highest BCUT2D eigenvalue weighted by Gasteiger charge is 2.38. The molecule has 1 atom stereocenters. The molecule has 5 nitrogen and oxygen atoms in total. The van der Waals surface area contributed by atoms with Crippen LogP contribution in [0.5, 0.6) is 0 Å². The summed E-state index contributed by atoms with van der Waals surface area (Å²) in [6.45, 7) is 2.22. The van der Waals surface area contributed by atoms with E-state index >= 15 is 0 Å². The van der Waals surface area contributed by atoms with Gasteiger partial charge in [0, 0.05) is 20.1 Å². The molecule has 0 radical (unpaired) electrons. The third-order valence-corrected chi connectivity index (χ3v) is 3.35. The van der Waals surface area contributed by atoms with Gasteiger partial charge in [-0.25, -0.2) is 0 Å². The van der Waals surface area contributed by atoms with Crippen LogP contribution >= 0.6 is 0 Å². The first-order chi connectivity index (χ1) is 7.97. The summed E-state index contributed by atoms with van der Waals surface area (Å²) in [5.41, 5.74) is -0.264. The maximum Gasteiger partial charge on any atom is 0.303 e. The number of hydrogen-bond acceptors (Lipinski definition) is 3. The predicted molar refractivity (Wildman–Crippen MR) is 62.6 cm³/mol. The third-order valence-electron chi connectivity index (χ3n) is 3.35. The van der Waals surface area contributed by atoms with Crippen molar-refractivity contribution in [2.75, 3.05) is 13.7 Å². The number of carboxylic acids is 1. The third kappa shape index (κ3) is 4.34. The second-order valence-corrected chi connectivity index (χ2v) is 4.92. The molecule has 1 amide bonds. The molecule has 5 heteroatoms. The second kappa shape index (κ2) is 6.00. The number of aliphatic carboxylic acids is 1. The van der Waals surface area contributed by atoms with Crippen LogP contribution in [-0.2, 0) is 14.3 Å². The lowest BCUT2D eigenvalue weighted by atomic mass is 9.77. The van der Waals surface area contributed by atoms with E-state index in [0.717, 1.165) is 19.3 Å². The van der Waals surface area contributed by atoms with Gasteiger partial charge in [-0.2, -0.15) is 0 Å². The fourth-order valence-corrected chi connectivity index (χ4v) is 2.04. The summed E-state index contributed by atoms with van der Waals surface area (Å²) in [7, 11) is 1.64. The molecule has 98 valence electrons. The number of hydrogen-bond donors (Lipinski definition) is 2. The first kappa shape index (κ1) is 14.0.